The maximum Gasteiger partial charge on any atom is 0.414 e. The van der Waals surface area contributed by atoms with Crippen molar-refractivity contribution in [3.05, 3.63) is 112 Å². The van der Waals surface area contributed by atoms with E-state index in [0.29, 0.717) is 22.3 Å². The summed E-state index contributed by atoms with van der Waals surface area (Å²) in [5.41, 5.74) is 2.53. The van der Waals surface area contributed by atoms with Crippen LogP contribution in [0.1, 0.15) is 16.7 Å². The van der Waals surface area contributed by atoms with Crippen LogP contribution >= 0.6 is 23.2 Å². The summed E-state index contributed by atoms with van der Waals surface area (Å²) in [7, 11) is 4.80. The zero-order valence-electron chi connectivity index (χ0n) is 27.3. The first kappa shape index (κ1) is 34.0. The van der Waals surface area contributed by atoms with Gasteiger partial charge in [-0.15, -0.1) is 0 Å². The van der Waals surface area contributed by atoms with Crippen LogP contribution in [-0.2, 0) is 29.1 Å². The molecule has 0 bridgehead atoms. The molecule has 5 amide bonds. The average molecular weight is 704 g/mol. The number of hydrazine groups is 1. The second-order valence-electron chi connectivity index (χ2n) is 12.3. The van der Waals surface area contributed by atoms with Gasteiger partial charge in [0.25, 0.3) is 0 Å². The molecule has 13 heteroatoms. The van der Waals surface area contributed by atoms with Crippen LogP contribution in [0.4, 0.5) is 9.59 Å². The molecule has 254 valence electrons. The quantitative estimate of drug-likeness (QED) is 0.264. The fraction of sp³-hybridized carbons (Fsp3) is 0.278. The number of piperazine rings is 1. The Balaban J connectivity index is 1.26. The highest BCUT2D eigenvalue weighted by molar-refractivity contribution is 6.42. The number of carbonyl (C=O) groups is 4. The van der Waals surface area contributed by atoms with E-state index < -0.39 is 24.3 Å². The van der Waals surface area contributed by atoms with E-state index in [9.17, 15) is 19.2 Å². The molecule has 4 aromatic carbocycles. The molecule has 2 fully saturated rings. The van der Waals surface area contributed by atoms with Crippen molar-refractivity contribution in [2.24, 2.45) is 0 Å². The molecule has 0 unspecified atom stereocenters. The van der Waals surface area contributed by atoms with Crippen LogP contribution in [0, 0.1) is 0 Å². The number of urea groups is 1. The van der Waals surface area contributed by atoms with Gasteiger partial charge in [-0.1, -0.05) is 83.9 Å². The number of halogens is 2. The van der Waals surface area contributed by atoms with Crippen molar-refractivity contribution >= 4 is 57.9 Å². The second kappa shape index (κ2) is 14.3. The third-order valence-corrected chi connectivity index (χ3v) is 9.58. The molecule has 2 atom stereocenters. The van der Waals surface area contributed by atoms with Crippen molar-refractivity contribution in [2.45, 2.75) is 31.7 Å². The minimum atomic E-state index is -0.825. The lowest BCUT2D eigenvalue weighted by atomic mass is 9.99. The lowest BCUT2D eigenvalue weighted by Gasteiger charge is -2.46. The Morgan fingerprint density at radius 1 is 0.898 bits per heavy atom. The van der Waals surface area contributed by atoms with Crippen molar-refractivity contribution in [1.82, 2.24) is 30.0 Å². The molecule has 11 nitrogen and oxygen atoms in total. The summed E-state index contributed by atoms with van der Waals surface area (Å²) in [6, 6.07) is 24.8. The average Bonchev–Trinajstić information content (AvgIpc) is 3.42. The standard InChI is InChI=1S/C36H36Cl2N6O5/c1-40(2)36(48)49-27-14-11-23(12-15-27)18-31-34(46)42(20-26-9-6-8-25-7-4-5-10-28(25)26)21-32-43(22-33(45)44(31)32)41(3)35(47)39-19-24-13-16-29(37)30(38)17-24/h4-17,31-32H,18-22H2,1-3H3,(H,39,47)/t31-,32+/m0/s1. The van der Waals surface area contributed by atoms with Crippen LogP contribution in [0.2, 0.25) is 10.0 Å². The van der Waals surface area contributed by atoms with E-state index in [2.05, 4.69) is 5.32 Å². The maximum absolute atomic E-state index is 14.3. The van der Waals surface area contributed by atoms with Gasteiger partial charge in [-0.2, -0.15) is 5.01 Å². The van der Waals surface area contributed by atoms with Gasteiger partial charge in [-0.25, -0.2) is 9.59 Å². The first-order chi connectivity index (χ1) is 23.5. The van der Waals surface area contributed by atoms with E-state index in [-0.39, 0.29) is 37.9 Å². The molecule has 2 saturated heterocycles. The van der Waals surface area contributed by atoms with Gasteiger partial charge in [0.05, 0.1) is 23.1 Å². The number of ether oxygens (including phenoxy) is 1. The van der Waals surface area contributed by atoms with Gasteiger partial charge in [0, 0.05) is 40.7 Å². The Hall–Kier alpha value is -4.84. The molecule has 2 aliphatic heterocycles. The number of hydrogen-bond acceptors (Lipinski definition) is 6. The van der Waals surface area contributed by atoms with Crippen molar-refractivity contribution in [1.29, 1.82) is 0 Å². The third kappa shape index (κ3) is 7.29. The van der Waals surface area contributed by atoms with Gasteiger partial charge in [0.1, 0.15) is 18.0 Å². The minimum Gasteiger partial charge on any atom is -0.410 e. The zero-order valence-corrected chi connectivity index (χ0v) is 28.8. The number of hydrogen-bond donors (Lipinski definition) is 1. The van der Waals surface area contributed by atoms with Gasteiger partial charge in [0.15, 0.2) is 0 Å². The largest absolute Gasteiger partial charge is 0.414 e. The molecule has 0 radical (unpaired) electrons. The fourth-order valence-electron chi connectivity index (χ4n) is 6.25. The van der Waals surface area contributed by atoms with Gasteiger partial charge in [-0.3, -0.25) is 14.6 Å². The number of fused-ring (bicyclic) bond motifs is 2. The molecule has 0 aliphatic carbocycles. The van der Waals surface area contributed by atoms with E-state index in [1.807, 2.05) is 42.5 Å². The molecule has 0 saturated carbocycles. The fourth-order valence-corrected chi connectivity index (χ4v) is 6.57. The van der Waals surface area contributed by atoms with Gasteiger partial charge in [-0.05, 0) is 51.7 Å². The zero-order chi connectivity index (χ0) is 34.8. The lowest BCUT2D eigenvalue weighted by molar-refractivity contribution is -0.157. The predicted octanol–water partition coefficient (Wildman–Crippen LogP) is 5.39. The van der Waals surface area contributed by atoms with Crippen LogP contribution in [0.15, 0.2) is 84.9 Å². The van der Waals surface area contributed by atoms with E-state index >= 15 is 0 Å². The molecule has 0 spiro atoms. The highest BCUT2D eigenvalue weighted by Gasteiger charge is 2.51. The summed E-state index contributed by atoms with van der Waals surface area (Å²) < 4.78 is 5.35. The van der Waals surface area contributed by atoms with Crippen LogP contribution in [0.5, 0.6) is 5.75 Å². The van der Waals surface area contributed by atoms with Crippen LogP contribution in [0.3, 0.4) is 0 Å². The van der Waals surface area contributed by atoms with Crippen LogP contribution < -0.4 is 10.1 Å². The van der Waals surface area contributed by atoms with Gasteiger partial charge < -0.3 is 24.8 Å². The molecule has 2 aliphatic rings. The number of benzene rings is 4. The monoisotopic (exact) mass is 702 g/mol. The molecule has 2 heterocycles. The number of carbonyl (C=O) groups excluding carboxylic acids is 4. The smallest absolute Gasteiger partial charge is 0.410 e. The highest BCUT2D eigenvalue weighted by Crippen LogP contribution is 2.31. The summed E-state index contributed by atoms with van der Waals surface area (Å²) in [5, 5.41) is 8.89. The Morgan fingerprint density at radius 2 is 1.61 bits per heavy atom. The first-order valence-electron chi connectivity index (χ1n) is 15.8. The van der Waals surface area contributed by atoms with E-state index in [1.54, 1.807) is 78.4 Å². The normalized spacial score (nSPS) is 17.7. The molecule has 49 heavy (non-hydrogen) atoms. The molecule has 1 N–H and O–H groups in total. The number of rotatable bonds is 8. The van der Waals surface area contributed by atoms with Gasteiger partial charge >= 0.3 is 12.1 Å². The molecule has 4 aromatic rings. The predicted molar refractivity (Wildman–Crippen MR) is 187 cm³/mol. The Bertz CT molecular complexity index is 1900. The SMILES string of the molecule is CN(C)C(=O)Oc1ccc(C[C@H]2C(=O)N(Cc3cccc4ccccc34)C[C@H]3N2C(=O)CN3N(C)C(=O)NCc2ccc(Cl)c(Cl)c2)cc1. The topological polar surface area (TPSA) is 106 Å². The Morgan fingerprint density at radius 3 is 2.35 bits per heavy atom. The molecule has 0 aromatic heterocycles. The van der Waals surface area contributed by atoms with Gasteiger partial charge in [0.2, 0.25) is 11.8 Å². The third-order valence-electron chi connectivity index (χ3n) is 8.84. The molecular formula is C36H36Cl2N6O5. The molecule has 6 rings (SSSR count). The summed E-state index contributed by atoms with van der Waals surface area (Å²) in [4.78, 5) is 58.1. The number of amides is 5. The van der Waals surface area contributed by atoms with E-state index in [0.717, 1.165) is 27.5 Å². The number of nitrogens with one attached hydrogen (secondary N) is 1. The second-order valence-corrected chi connectivity index (χ2v) is 13.1. The first-order valence-corrected chi connectivity index (χ1v) is 16.5. The Kier molecular flexibility index (Phi) is 9.96. The lowest BCUT2D eigenvalue weighted by Crippen LogP contribution is -2.65. The van der Waals surface area contributed by atoms with E-state index in [1.165, 1.54) is 9.91 Å². The highest BCUT2D eigenvalue weighted by atomic mass is 35.5. The van der Waals surface area contributed by atoms with Crippen molar-refractivity contribution in [2.75, 3.05) is 34.2 Å². The van der Waals surface area contributed by atoms with E-state index in [4.69, 9.17) is 27.9 Å². The molecular weight excluding hydrogens is 667 g/mol. The Labute approximate surface area is 294 Å². The summed E-state index contributed by atoms with van der Waals surface area (Å²) in [6.45, 7) is 0.654. The minimum absolute atomic E-state index is 0.0767. The summed E-state index contributed by atoms with van der Waals surface area (Å²) in [6.07, 6.45) is -0.864. The summed E-state index contributed by atoms with van der Waals surface area (Å²) in [5.74, 6) is -0.0761. The summed E-state index contributed by atoms with van der Waals surface area (Å²) >= 11 is 12.2. The number of nitrogens with zero attached hydrogens (tertiary/aromatic N) is 5. The van der Waals surface area contributed by atoms with Crippen LogP contribution in [0.25, 0.3) is 10.8 Å². The van der Waals surface area contributed by atoms with Crippen LogP contribution in [-0.4, -0.2) is 95.1 Å². The van der Waals surface area contributed by atoms with Crippen molar-refractivity contribution in [3.8, 4) is 5.75 Å². The maximum atomic E-state index is 14.3. The van der Waals surface area contributed by atoms with Crippen molar-refractivity contribution in [3.63, 3.8) is 0 Å². The van der Waals surface area contributed by atoms with Crippen molar-refractivity contribution < 1.29 is 23.9 Å².